The van der Waals surface area contributed by atoms with Crippen molar-refractivity contribution in [3.05, 3.63) is 53.6 Å². The average molecular weight is 481 g/mol. The molecule has 0 aliphatic carbocycles. The standard InChI is InChI=1S/C26H28N2O7/c29-24-9-10-25(30)28(24)11-13-33-20-6-3-18(4-7-20)15-27(16-21-2-1-12-32-21)26(31)19-5-8-22-23(14-19)35-17-34-22/h3-8,14,21H,1-2,9-13,15-17H2/t21-/m1/s1. The van der Waals surface area contributed by atoms with Crippen LogP contribution in [0.5, 0.6) is 17.2 Å². The van der Waals surface area contributed by atoms with Crippen LogP contribution >= 0.6 is 0 Å². The molecule has 2 aromatic carbocycles. The maximum absolute atomic E-state index is 13.4. The summed E-state index contributed by atoms with van der Waals surface area (Å²) >= 11 is 0. The second-order valence-electron chi connectivity index (χ2n) is 8.82. The van der Waals surface area contributed by atoms with Crippen molar-refractivity contribution in [1.29, 1.82) is 0 Å². The Morgan fingerprint density at radius 3 is 2.54 bits per heavy atom. The van der Waals surface area contributed by atoms with Crippen molar-refractivity contribution >= 4 is 17.7 Å². The number of hydrogen-bond acceptors (Lipinski definition) is 7. The highest BCUT2D eigenvalue weighted by Crippen LogP contribution is 2.33. The monoisotopic (exact) mass is 480 g/mol. The fourth-order valence-electron chi connectivity index (χ4n) is 4.50. The second kappa shape index (κ2) is 10.4. The van der Waals surface area contributed by atoms with Crippen LogP contribution < -0.4 is 14.2 Å². The molecule has 0 saturated carbocycles. The van der Waals surface area contributed by atoms with Gasteiger partial charge in [0.1, 0.15) is 12.4 Å². The first-order valence-electron chi connectivity index (χ1n) is 11.9. The van der Waals surface area contributed by atoms with Crippen LogP contribution in [0.25, 0.3) is 0 Å². The maximum atomic E-state index is 13.4. The third-order valence-corrected chi connectivity index (χ3v) is 6.39. The number of imide groups is 1. The van der Waals surface area contributed by atoms with Crippen LogP contribution in [0.15, 0.2) is 42.5 Å². The van der Waals surface area contributed by atoms with Gasteiger partial charge < -0.3 is 23.8 Å². The number of nitrogens with zero attached hydrogens (tertiary/aromatic N) is 2. The smallest absolute Gasteiger partial charge is 0.254 e. The molecule has 3 aliphatic rings. The molecule has 1 atom stereocenters. The number of fused-ring (bicyclic) bond motifs is 1. The Labute approximate surface area is 203 Å². The van der Waals surface area contributed by atoms with Crippen LogP contribution in [0.2, 0.25) is 0 Å². The first-order valence-corrected chi connectivity index (χ1v) is 11.9. The molecular weight excluding hydrogens is 452 g/mol. The minimum Gasteiger partial charge on any atom is -0.492 e. The Hall–Kier alpha value is -3.59. The van der Waals surface area contributed by atoms with E-state index in [-0.39, 0.29) is 56.6 Å². The number of hydrogen-bond donors (Lipinski definition) is 0. The molecule has 3 amide bonds. The van der Waals surface area contributed by atoms with Crippen LogP contribution in [-0.2, 0) is 20.9 Å². The zero-order valence-corrected chi connectivity index (χ0v) is 19.4. The van der Waals surface area contributed by atoms with E-state index in [0.29, 0.717) is 35.9 Å². The number of benzene rings is 2. The molecule has 3 heterocycles. The molecule has 184 valence electrons. The van der Waals surface area contributed by atoms with Crippen LogP contribution in [-0.4, -0.2) is 66.7 Å². The van der Waals surface area contributed by atoms with Gasteiger partial charge in [0.05, 0.1) is 12.6 Å². The lowest BCUT2D eigenvalue weighted by Gasteiger charge is -2.26. The van der Waals surface area contributed by atoms with E-state index in [9.17, 15) is 14.4 Å². The fraction of sp³-hybridized carbons (Fsp3) is 0.423. The topological polar surface area (TPSA) is 94.6 Å². The quantitative estimate of drug-likeness (QED) is 0.510. The van der Waals surface area contributed by atoms with Gasteiger partial charge in [-0.25, -0.2) is 0 Å². The highest BCUT2D eigenvalue weighted by molar-refractivity contribution is 6.01. The van der Waals surface area contributed by atoms with E-state index in [1.165, 1.54) is 4.90 Å². The molecule has 0 unspecified atom stereocenters. The van der Waals surface area contributed by atoms with Gasteiger partial charge in [-0.3, -0.25) is 19.3 Å². The van der Waals surface area contributed by atoms with Crippen molar-refractivity contribution in [2.45, 2.75) is 38.3 Å². The van der Waals surface area contributed by atoms with E-state index in [1.54, 1.807) is 23.1 Å². The van der Waals surface area contributed by atoms with E-state index < -0.39 is 0 Å². The van der Waals surface area contributed by atoms with Gasteiger partial charge in [0.25, 0.3) is 5.91 Å². The highest BCUT2D eigenvalue weighted by atomic mass is 16.7. The molecule has 0 radical (unpaired) electrons. The van der Waals surface area contributed by atoms with Gasteiger partial charge in [0.2, 0.25) is 18.6 Å². The maximum Gasteiger partial charge on any atom is 0.254 e. The summed E-state index contributed by atoms with van der Waals surface area (Å²) in [7, 11) is 0. The first-order chi connectivity index (χ1) is 17.1. The normalized spacial score (nSPS) is 18.9. The summed E-state index contributed by atoms with van der Waals surface area (Å²) in [6, 6.07) is 12.7. The minimum absolute atomic E-state index is 0.0200. The van der Waals surface area contributed by atoms with Crippen molar-refractivity contribution in [3.8, 4) is 17.2 Å². The average Bonchev–Trinajstić information content (AvgIpc) is 3.62. The molecule has 0 bridgehead atoms. The third-order valence-electron chi connectivity index (χ3n) is 6.39. The van der Waals surface area contributed by atoms with Crippen molar-refractivity contribution in [2.75, 3.05) is 33.1 Å². The van der Waals surface area contributed by atoms with Crippen LogP contribution in [0, 0.1) is 0 Å². The molecule has 3 aliphatic heterocycles. The Bertz CT molecular complexity index is 1080. The molecular formula is C26H28N2O7. The molecule has 9 nitrogen and oxygen atoms in total. The van der Waals surface area contributed by atoms with Gasteiger partial charge in [-0.15, -0.1) is 0 Å². The van der Waals surface area contributed by atoms with Crippen LogP contribution in [0.3, 0.4) is 0 Å². The SMILES string of the molecule is O=C(c1ccc2c(c1)OCO2)N(Cc1ccc(OCCN2C(=O)CCC2=O)cc1)C[C@H]1CCCO1. The van der Waals surface area contributed by atoms with Crippen molar-refractivity contribution in [1.82, 2.24) is 9.80 Å². The van der Waals surface area contributed by atoms with Gasteiger partial charge in [-0.05, 0) is 48.7 Å². The minimum atomic E-state index is -0.146. The Kier molecular flexibility index (Phi) is 6.85. The molecule has 9 heteroatoms. The number of rotatable bonds is 9. The number of carbonyl (C=O) groups is 3. The van der Waals surface area contributed by atoms with E-state index in [2.05, 4.69) is 0 Å². The summed E-state index contributed by atoms with van der Waals surface area (Å²) < 4.78 is 22.3. The van der Waals surface area contributed by atoms with Gasteiger partial charge in [-0.1, -0.05) is 12.1 Å². The van der Waals surface area contributed by atoms with E-state index in [4.69, 9.17) is 18.9 Å². The summed E-state index contributed by atoms with van der Waals surface area (Å²) in [5.74, 6) is 1.47. The lowest BCUT2D eigenvalue weighted by Crippen LogP contribution is -2.37. The summed E-state index contributed by atoms with van der Waals surface area (Å²) in [6.45, 7) is 2.29. The molecule has 35 heavy (non-hydrogen) atoms. The van der Waals surface area contributed by atoms with Crippen molar-refractivity contribution in [2.24, 2.45) is 0 Å². The van der Waals surface area contributed by atoms with Crippen LogP contribution in [0.1, 0.15) is 41.6 Å². The fourth-order valence-corrected chi connectivity index (χ4v) is 4.50. The second-order valence-corrected chi connectivity index (χ2v) is 8.82. The van der Waals surface area contributed by atoms with Crippen LogP contribution in [0.4, 0.5) is 0 Å². The Morgan fingerprint density at radius 1 is 1.03 bits per heavy atom. The predicted octanol–water partition coefficient (Wildman–Crippen LogP) is 2.76. The van der Waals surface area contributed by atoms with Gasteiger partial charge in [0, 0.05) is 38.1 Å². The van der Waals surface area contributed by atoms with E-state index >= 15 is 0 Å². The molecule has 0 N–H and O–H groups in total. The lowest BCUT2D eigenvalue weighted by atomic mass is 10.1. The summed E-state index contributed by atoms with van der Waals surface area (Å²) in [5, 5.41) is 0. The molecule has 5 rings (SSSR count). The Morgan fingerprint density at radius 2 is 1.80 bits per heavy atom. The molecule has 0 spiro atoms. The number of amides is 3. The first kappa shape index (κ1) is 23.2. The zero-order valence-electron chi connectivity index (χ0n) is 19.4. The predicted molar refractivity (Wildman–Crippen MR) is 124 cm³/mol. The third kappa shape index (κ3) is 5.40. The Balaban J connectivity index is 1.22. The van der Waals surface area contributed by atoms with E-state index in [0.717, 1.165) is 25.0 Å². The summed E-state index contributed by atoms with van der Waals surface area (Å²) in [6.07, 6.45) is 2.51. The number of carbonyl (C=O) groups excluding carboxylic acids is 3. The summed E-state index contributed by atoms with van der Waals surface area (Å²) in [4.78, 5) is 39.9. The van der Waals surface area contributed by atoms with Crippen molar-refractivity contribution in [3.63, 3.8) is 0 Å². The largest absolute Gasteiger partial charge is 0.492 e. The lowest BCUT2D eigenvalue weighted by molar-refractivity contribution is -0.138. The van der Waals surface area contributed by atoms with Gasteiger partial charge in [0.15, 0.2) is 11.5 Å². The molecule has 2 aromatic rings. The zero-order chi connectivity index (χ0) is 24.2. The van der Waals surface area contributed by atoms with Gasteiger partial charge in [-0.2, -0.15) is 0 Å². The van der Waals surface area contributed by atoms with E-state index in [1.807, 2.05) is 24.3 Å². The molecule has 0 aromatic heterocycles. The molecule has 2 fully saturated rings. The molecule has 2 saturated heterocycles. The number of ether oxygens (including phenoxy) is 4. The van der Waals surface area contributed by atoms with Crippen molar-refractivity contribution < 1.29 is 33.3 Å². The highest BCUT2D eigenvalue weighted by Gasteiger charge is 2.28. The number of likely N-dealkylation sites (tertiary alicyclic amines) is 1. The van der Waals surface area contributed by atoms with Gasteiger partial charge >= 0.3 is 0 Å². The summed E-state index contributed by atoms with van der Waals surface area (Å²) in [5.41, 5.74) is 1.49.